The van der Waals surface area contributed by atoms with Crippen molar-refractivity contribution in [1.82, 2.24) is 9.97 Å². The van der Waals surface area contributed by atoms with E-state index in [0.29, 0.717) is 11.1 Å². The number of fused-ring (bicyclic) bond motifs is 3. The molecular formula is C37H25IrN3O-2. The van der Waals surface area contributed by atoms with Crippen LogP contribution in [0.3, 0.4) is 0 Å². The largest absolute Gasteiger partial charge is 0.500 e. The number of pyridine rings is 2. The Hall–Kier alpha value is -4.88. The second-order valence-corrected chi connectivity index (χ2v) is 9.76. The summed E-state index contributed by atoms with van der Waals surface area (Å²) in [6, 6.07) is 42.3. The first kappa shape index (κ1) is 28.6. The molecule has 0 aliphatic carbocycles. The van der Waals surface area contributed by atoms with Crippen LogP contribution in [0.15, 0.2) is 120 Å². The quantitative estimate of drug-likeness (QED) is 0.171. The van der Waals surface area contributed by atoms with E-state index in [1.807, 2.05) is 117 Å². The normalized spacial score (nSPS) is 10.4. The predicted octanol–water partition coefficient (Wildman–Crippen LogP) is 9.15. The van der Waals surface area contributed by atoms with Gasteiger partial charge >= 0.3 is 0 Å². The summed E-state index contributed by atoms with van der Waals surface area (Å²) in [7, 11) is 0. The smallest absolute Gasteiger partial charge is 0.130 e. The zero-order valence-corrected chi connectivity index (χ0v) is 25.4. The summed E-state index contributed by atoms with van der Waals surface area (Å²) < 4.78 is 6.38. The minimum absolute atomic E-state index is 0. The average molecular weight is 720 g/mol. The maximum Gasteiger partial charge on any atom is 0.130 e. The molecule has 42 heavy (non-hydrogen) atoms. The number of hydrogen-bond acceptors (Lipinski definition) is 4. The predicted molar refractivity (Wildman–Crippen MR) is 164 cm³/mol. The monoisotopic (exact) mass is 720 g/mol. The minimum Gasteiger partial charge on any atom is -0.500 e. The summed E-state index contributed by atoms with van der Waals surface area (Å²) in [4.78, 5) is 8.82. The molecule has 0 aliphatic heterocycles. The third-order valence-electron chi connectivity index (χ3n) is 6.85. The fourth-order valence-corrected chi connectivity index (χ4v) is 4.83. The van der Waals surface area contributed by atoms with E-state index in [-0.39, 0.29) is 20.1 Å². The van der Waals surface area contributed by atoms with Gasteiger partial charge in [0.05, 0.1) is 17.2 Å². The molecule has 0 fully saturated rings. The number of nitrogens with zero attached hydrogens (tertiary/aromatic N) is 3. The third kappa shape index (κ3) is 5.78. The Morgan fingerprint density at radius 3 is 2.24 bits per heavy atom. The Balaban J connectivity index is 0.000000212. The van der Waals surface area contributed by atoms with Crippen molar-refractivity contribution < 1.29 is 24.5 Å². The van der Waals surface area contributed by atoms with Gasteiger partial charge in [-0.3, -0.25) is 0 Å². The topological polar surface area (TPSA) is 62.7 Å². The maximum absolute atomic E-state index is 9.67. The van der Waals surface area contributed by atoms with Gasteiger partial charge in [0, 0.05) is 43.4 Å². The number of aromatic nitrogens is 2. The molecule has 5 heteroatoms. The molecule has 4 nitrogen and oxygen atoms in total. The average Bonchev–Trinajstić information content (AvgIpc) is 3.41. The molecule has 0 saturated carbocycles. The molecule has 1 radical (unpaired) electrons. The standard InChI is InChI=1S/C25H15N2O.C12H10N.Ir/c1-16-12-13-27-22(14-16)21-9-5-8-19-20-11-10-18(15-26)23(25(20)28-24(19)21)17-6-3-2-4-7-17;1-10-7-8-12(13-9-10)11-5-3-2-4-6-11;/h2-8,10-14H,1H3;2-5,7-9H,1H3;/q2*-1;. The molecule has 0 atom stereocenters. The van der Waals surface area contributed by atoms with Crippen LogP contribution in [-0.4, -0.2) is 9.97 Å². The molecule has 0 N–H and O–H groups in total. The van der Waals surface area contributed by atoms with Crippen molar-refractivity contribution in [3.63, 3.8) is 0 Å². The number of furan rings is 1. The summed E-state index contributed by atoms with van der Waals surface area (Å²) in [6.07, 6.45) is 3.67. The van der Waals surface area contributed by atoms with Crippen LogP contribution in [0.1, 0.15) is 16.7 Å². The second-order valence-electron chi connectivity index (χ2n) is 9.76. The Kier molecular flexibility index (Phi) is 8.69. The Labute approximate surface area is 258 Å². The van der Waals surface area contributed by atoms with Crippen LogP contribution in [0.4, 0.5) is 0 Å². The van der Waals surface area contributed by atoms with E-state index in [1.165, 1.54) is 5.56 Å². The van der Waals surface area contributed by atoms with Gasteiger partial charge in [0.25, 0.3) is 0 Å². The number of hydrogen-bond donors (Lipinski definition) is 0. The van der Waals surface area contributed by atoms with Crippen molar-refractivity contribution in [3.05, 3.63) is 144 Å². The molecule has 3 aromatic heterocycles. The van der Waals surface area contributed by atoms with E-state index in [2.05, 4.69) is 34.2 Å². The molecule has 7 rings (SSSR count). The van der Waals surface area contributed by atoms with Crippen LogP contribution in [0.25, 0.3) is 55.6 Å². The van der Waals surface area contributed by atoms with Crippen molar-refractivity contribution in [2.45, 2.75) is 13.8 Å². The van der Waals surface area contributed by atoms with Crippen LogP contribution in [0.2, 0.25) is 0 Å². The van der Waals surface area contributed by atoms with Gasteiger partial charge < -0.3 is 14.4 Å². The molecule has 0 amide bonds. The summed E-state index contributed by atoms with van der Waals surface area (Å²) in [5.41, 5.74) is 9.81. The number of rotatable bonds is 3. The van der Waals surface area contributed by atoms with Gasteiger partial charge in [-0.15, -0.1) is 54.1 Å². The van der Waals surface area contributed by atoms with Crippen LogP contribution >= 0.6 is 0 Å². The molecule has 0 aliphatic rings. The molecule has 0 saturated heterocycles. The van der Waals surface area contributed by atoms with Gasteiger partial charge in [0.2, 0.25) is 0 Å². The van der Waals surface area contributed by atoms with E-state index in [1.54, 1.807) is 6.20 Å². The maximum atomic E-state index is 9.67. The van der Waals surface area contributed by atoms with Gasteiger partial charge in [-0.05, 0) is 48.5 Å². The molecule has 4 aromatic carbocycles. The zero-order chi connectivity index (χ0) is 28.2. The minimum atomic E-state index is 0. The second kappa shape index (κ2) is 12.7. The molecule has 0 spiro atoms. The number of aryl methyl sites for hydroxylation is 2. The molecule has 0 unspecified atom stereocenters. The van der Waals surface area contributed by atoms with E-state index in [0.717, 1.165) is 55.6 Å². The van der Waals surface area contributed by atoms with E-state index in [4.69, 9.17) is 4.42 Å². The summed E-state index contributed by atoms with van der Waals surface area (Å²) >= 11 is 0. The zero-order valence-electron chi connectivity index (χ0n) is 23.1. The Morgan fingerprint density at radius 2 is 1.52 bits per heavy atom. The van der Waals surface area contributed by atoms with Crippen molar-refractivity contribution in [3.8, 4) is 39.7 Å². The number of benzene rings is 4. The summed E-state index contributed by atoms with van der Waals surface area (Å²) in [6.45, 7) is 4.07. The van der Waals surface area contributed by atoms with Crippen LogP contribution in [0, 0.1) is 37.3 Å². The van der Waals surface area contributed by atoms with Gasteiger partial charge in [0.1, 0.15) is 5.58 Å². The van der Waals surface area contributed by atoms with E-state index >= 15 is 0 Å². The SMILES string of the molecule is Cc1ccc(-c2[c-]cccc2)nc1.Cc1ccnc(-c2[c-]ccc3c2oc2c(-c4ccccc4)c(C#N)ccc23)c1.[Ir]. The first-order valence-electron chi connectivity index (χ1n) is 13.3. The van der Waals surface area contributed by atoms with E-state index < -0.39 is 0 Å². The van der Waals surface area contributed by atoms with Gasteiger partial charge in [0.15, 0.2) is 0 Å². The molecule has 7 aromatic rings. The van der Waals surface area contributed by atoms with E-state index in [9.17, 15) is 5.26 Å². The third-order valence-corrected chi connectivity index (χ3v) is 6.85. The molecular weight excluding hydrogens is 695 g/mol. The van der Waals surface area contributed by atoms with Gasteiger partial charge in [-0.25, -0.2) is 0 Å². The van der Waals surface area contributed by atoms with Gasteiger partial charge in [-0.2, -0.15) is 5.26 Å². The van der Waals surface area contributed by atoms with Crippen LogP contribution in [-0.2, 0) is 20.1 Å². The van der Waals surface area contributed by atoms with Crippen LogP contribution < -0.4 is 0 Å². The van der Waals surface area contributed by atoms with Crippen molar-refractivity contribution >= 4 is 21.9 Å². The Morgan fingerprint density at radius 1 is 0.714 bits per heavy atom. The summed E-state index contributed by atoms with van der Waals surface area (Å²) in [5, 5.41) is 11.6. The molecule has 0 bridgehead atoms. The molecule has 205 valence electrons. The van der Waals surface area contributed by atoms with Crippen molar-refractivity contribution in [1.29, 1.82) is 5.26 Å². The fourth-order valence-electron chi connectivity index (χ4n) is 4.83. The summed E-state index contributed by atoms with van der Waals surface area (Å²) in [5.74, 6) is 0. The fraction of sp³-hybridized carbons (Fsp3) is 0.0541. The van der Waals surface area contributed by atoms with Crippen molar-refractivity contribution in [2.75, 3.05) is 0 Å². The first-order chi connectivity index (χ1) is 20.1. The number of nitriles is 1. The Bertz CT molecular complexity index is 2010. The van der Waals surface area contributed by atoms with Crippen LogP contribution in [0.5, 0.6) is 0 Å². The van der Waals surface area contributed by atoms with Gasteiger partial charge in [-0.1, -0.05) is 71.1 Å². The first-order valence-corrected chi connectivity index (χ1v) is 13.3. The molecule has 3 heterocycles. The van der Waals surface area contributed by atoms with Crippen molar-refractivity contribution in [2.24, 2.45) is 0 Å².